The van der Waals surface area contributed by atoms with Crippen LogP contribution >= 0.6 is 11.6 Å². The van der Waals surface area contributed by atoms with Crippen LogP contribution in [0.2, 0.25) is 5.02 Å². The maximum atomic E-state index is 5.87. The summed E-state index contributed by atoms with van der Waals surface area (Å²) in [6.07, 6.45) is 1.48. The van der Waals surface area contributed by atoms with Gasteiger partial charge in [-0.3, -0.25) is 0 Å². The number of halogens is 1. The van der Waals surface area contributed by atoms with Crippen LogP contribution in [0, 0.1) is 6.92 Å². The highest BCUT2D eigenvalue weighted by Gasteiger charge is 2.03. The van der Waals surface area contributed by atoms with E-state index in [9.17, 15) is 0 Å². The number of hydrogen-bond donors (Lipinski definition) is 0. The first kappa shape index (κ1) is 8.43. The van der Waals surface area contributed by atoms with Gasteiger partial charge in [-0.2, -0.15) is 0 Å². The monoisotopic (exact) mass is 172 g/mol. The van der Waals surface area contributed by atoms with Gasteiger partial charge in [-0.1, -0.05) is 11.6 Å². The number of ether oxygens (including phenoxy) is 1. The van der Waals surface area contributed by atoms with Crippen molar-refractivity contribution in [2.24, 2.45) is 0 Å². The van der Waals surface area contributed by atoms with Crippen LogP contribution in [0.4, 0.5) is 0 Å². The minimum Gasteiger partial charge on any atom is -0.378 e. The van der Waals surface area contributed by atoms with Crippen molar-refractivity contribution in [1.29, 1.82) is 0 Å². The number of aromatic nitrogens is 2. The van der Waals surface area contributed by atoms with Crippen LogP contribution in [0.1, 0.15) is 11.4 Å². The smallest absolute Gasteiger partial charge is 0.116 e. The summed E-state index contributed by atoms with van der Waals surface area (Å²) >= 11 is 5.87. The molecule has 0 spiro atoms. The van der Waals surface area contributed by atoms with E-state index in [1.54, 1.807) is 7.11 Å². The summed E-state index contributed by atoms with van der Waals surface area (Å²) in [4.78, 5) is 7.88. The van der Waals surface area contributed by atoms with Gasteiger partial charge in [0, 0.05) is 7.11 Å². The molecule has 0 amide bonds. The molecule has 0 aliphatic rings. The third kappa shape index (κ3) is 1.88. The Kier molecular flexibility index (Phi) is 2.79. The quantitative estimate of drug-likeness (QED) is 0.680. The molecule has 0 unspecified atom stereocenters. The molecule has 1 aromatic rings. The van der Waals surface area contributed by atoms with Crippen molar-refractivity contribution in [2.75, 3.05) is 7.11 Å². The van der Waals surface area contributed by atoms with Crippen molar-refractivity contribution >= 4 is 11.6 Å². The van der Waals surface area contributed by atoms with Gasteiger partial charge in [-0.25, -0.2) is 9.97 Å². The van der Waals surface area contributed by atoms with Gasteiger partial charge < -0.3 is 4.74 Å². The summed E-state index contributed by atoms with van der Waals surface area (Å²) in [6, 6.07) is 0. The lowest BCUT2D eigenvalue weighted by atomic mass is 10.3. The summed E-state index contributed by atoms with van der Waals surface area (Å²) in [5.41, 5.74) is 1.52. The van der Waals surface area contributed by atoms with Gasteiger partial charge in [-0.05, 0) is 6.92 Å². The van der Waals surface area contributed by atoms with Crippen molar-refractivity contribution in [3.63, 3.8) is 0 Å². The third-order valence-electron chi connectivity index (χ3n) is 1.32. The van der Waals surface area contributed by atoms with E-state index in [-0.39, 0.29) is 0 Å². The van der Waals surface area contributed by atoms with Gasteiger partial charge >= 0.3 is 0 Å². The zero-order chi connectivity index (χ0) is 8.27. The van der Waals surface area contributed by atoms with E-state index in [1.807, 2.05) is 6.92 Å². The fraction of sp³-hybridized carbons (Fsp3) is 0.429. The molecule has 4 heteroatoms. The molecule has 0 saturated heterocycles. The maximum absolute atomic E-state index is 5.87. The molecular formula is C7H9ClN2O. The van der Waals surface area contributed by atoms with E-state index in [0.717, 1.165) is 11.4 Å². The van der Waals surface area contributed by atoms with Crippen LogP contribution in [0.15, 0.2) is 6.33 Å². The summed E-state index contributed by atoms with van der Waals surface area (Å²) in [6.45, 7) is 2.27. The number of aryl methyl sites for hydroxylation is 1. The minimum absolute atomic E-state index is 0.433. The van der Waals surface area contributed by atoms with Gasteiger partial charge in [0.05, 0.1) is 23.0 Å². The van der Waals surface area contributed by atoms with Gasteiger partial charge in [0.25, 0.3) is 0 Å². The van der Waals surface area contributed by atoms with Crippen molar-refractivity contribution in [1.82, 2.24) is 9.97 Å². The molecule has 0 fully saturated rings. The molecule has 1 heterocycles. The third-order valence-corrected chi connectivity index (χ3v) is 1.81. The zero-order valence-corrected chi connectivity index (χ0v) is 7.22. The predicted molar refractivity (Wildman–Crippen MR) is 42.5 cm³/mol. The standard InChI is InChI=1S/C7H9ClN2O/c1-5-7(8)6(3-11-2)10-4-9-5/h4H,3H2,1-2H3. The lowest BCUT2D eigenvalue weighted by Crippen LogP contribution is -1.96. The van der Waals surface area contributed by atoms with Crippen molar-refractivity contribution in [3.8, 4) is 0 Å². The van der Waals surface area contributed by atoms with E-state index in [2.05, 4.69) is 9.97 Å². The SMILES string of the molecule is COCc1ncnc(C)c1Cl. The summed E-state index contributed by atoms with van der Waals surface area (Å²) in [5, 5.41) is 0.592. The van der Waals surface area contributed by atoms with Crippen LogP contribution in [0.5, 0.6) is 0 Å². The van der Waals surface area contributed by atoms with Crippen molar-refractivity contribution in [2.45, 2.75) is 13.5 Å². The Morgan fingerprint density at radius 1 is 1.55 bits per heavy atom. The van der Waals surface area contributed by atoms with Gasteiger partial charge in [0.2, 0.25) is 0 Å². The van der Waals surface area contributed by atoms with Crippen LogP contribution in [-0.4, -0.2) is 17.1 Å². The fourth-order valence-corrected chi connectivity index (χ4v) is 0.897. The molecule has 0 bridgehead atoms. The molecule has 0 aliphatic heterocycles. The van der Waals surface area contributed by atoms with Crippen LogP contribution < -0.4 is 0 Å². The first-order chi connectivity index (χ1) is 5.25. The molecule has 0 aromatic carbocycles. The average molecular weight is 173 g/mol. The van der Waals surface area contributed by atoms with Crippen LogP contribution in [0.3, 0.4) is 0 Å². The second-order valence-electron chi connectivity index (χ2n) is 2.15. The topological polar surface area (TPSA) is 35.0 Å². The molecule has 0 N–H and O–H groups in total. The Bertz CT molecular complexity index is 252. The maximum Gasteiger partial charge on any atom is 0.116 e. The Labute approximate surface area is 70.4 Å². The molecule has 60 valence electrons. The molecule has 11 heavy (non-hydrogen) atoms. The largest absolute Gasteiger partial charge is 0.378 e. The van der Waals surface area contributed by atoms with E-state index < -0.39 is 0 Å². The first-order valence-electron chi connectivity index (χ1n) is 3.20. The molecule has 1 aromatic heterocycles. The second-order valence-corrected chi connectivity index (χ2v) is 2.53. The van der Waals surface area contributed by atoms with Gasteiger partial charge in [0.1, 0.15) is 6.33 Å². The van der Waals surface area contributed by atoms with Crippen LogP contribution in [0.25, 0.3) is 0 Å². The Balaban J connectivity index is 2.96. The van der Waals surface area contributed by atoms with Gasteiger partial charge in [-0.15, -0.1) is 0 Å². The normalized spacial score (nSPS) is 10.1. The Hall–Kier alpha value is -0.670. The van der Waals surface area contributed by atoms with E-state index in [4.69, 9.17) is 16.3 Å². The lowest BCUT2D eigenvalue weighted by molar-refractivity contribution is 0.181. The highest BCUT2D eigenvalue weighted by molar-refractivity contribution is 6.31. The van der Waals surface area contributed by atoms with E-state index in [0.29, 0.717) is 11.6 Å². The van der Waals surface area contributed by atoms with Crippen molar-refractivity contribution in [3.05, 3.63) is 22.7 Å². The predicted octanol–water partition coefficient (Wildman–Crippen LogP) is 1.58. The summed E-state index contributed by atoms with van der Waals surface area (Å²) in [7, 11) is 1.60. The molecule has 0 aliphatic carbocycles. The molecule has 1 rings (SSSR count). The first-order valence-corrected chi connectivity index (χ1v) is 3.58. The molecule has 0 saturated carbocycles. The molecule has 0 atom stereocenters. The molecule has 0 radical (unpaired) electrons. The Morgan fingerprint density at radius 3 is 2.91 bits per heavy atom. The zero-order valence-electron chi connectivity index (χ0n) is 6.47. The fourth-order valence-electron chi connectivity index (χ4n) is 0.745. The Morgan fingerprint density at radius 2 is 2.27 bits per heavy atom. The lowest BCUT2D eigenvalue weighted by Gasteiger charge is -2.02. The van der Waals surface area contributed by atoms with E-state index >= 15 is 0 Å². The number of hydrogen-bond acceptors (Lipinski definition) is 3. The van der Waals surface area contributed by atoms with Crippen LogP contribution in [-0.2, 0) is 11.3 Å². The van der Waals surface area contributed by atoms with Crippen molar-refractivity contribution < 1.29 is 4.74 Å². The van der Waals surface area contributed by atoms with E-state index in [1.165, 1.54) is 6.33 Å². The molecule has 3 nitrogen and oxygen atoms in total. The summed E-state index contributed by atoms with van der Waals surface area (Å²) < 4.78 is 4.89. The number of rotatable bonds is 2. The van der Waals surface area contributed by atoms with Gasteiger partial charge in [0.15, 0.2) is 0 Å². The number of nitrogens with zero attached hydrogens (tertiary/aromatic N) is 2. The average Bonchev–Trinajstić information content (AvgIpc) is 1.99. The second kappa shape index (κ2) is 3.64. The number of methoxy groups -OCH3 is 1. The highest BCUT2D eigenvalue weighted by Crippen LogP contribution is 2.15. The highest BCUT2D eigenvalue weighted by atomic mass is 35.5. The summed E-state index contributed by atoms with van der Waals surface area (Å²) in [5.74, 6) is 0. The minimum atomic E-state index is 0.433. The molecular weight excluding hydrogens is 164 g/mol.